The van der Waals surface area contributed by atoms with Gasteiger partial charge in [-0.2, -0.15) is 0 Å². The summed E-state index contributed by atoms with van der Waals surface area (Å²) in [6, 6.07) is 10.2. The summed E-state index contributed by atoms with van der Waals surface area (Å²) in [5.74, 6) is 0.537. The highest BCUT2D eigenvalue weighted by Crippen LogP contribution is 2.41. The van der Waals surface area contributed by atoms with E-state index in [1.807, 2.05) is 28.0 Å². The molecule has 5 heteroatoms. The molecule has 3 aliphatic heterocycles. The largest absolute Gasteiger partial charge is 0.381 e. The number of hydrogen-bond acceptors (Lipinski definition) is 3. The second kappa shape index (κ2) is 7.85. The van der Waals surface area contributed by atoms with Crippen molar-refractivity contribution < 1.29 is 14.3 Å². The summed E-state index contributed by atoms with van der Waals surface area (Å²) >= 11 is 0. The fraction of sp³-hybridized carbons (Fsp3) is 0.545. The number of likely N-dealkylation sites (tertiary alicyclic amines) is 2. The molecule has 27 heavy (non-hydrogen) atoms. The molecule has 1 aromatic rings. The van der Waals surface area contributed by atoms with E-state index in [1.165, 1.54) is 0 Å². The number of benzene rings is 1. The van der Waals surface area contributed by atoms with E-state index in [9.17, 15) is 9.59 Å². The van der Waals surface area contributed by atoms with Gasteiger partial charge in [0, 0.05) is 44.6 Å². The van der Waals surface area contributed by atoms with E-state index in [2.05, 4.69) is 24.3 Å². The molecule has 0 saturated carbocycles. The van der Waals surface area contributed by atoms with Crippen LogP contribution in [0.25, 0.3) is 6.08 Å². The number of nitrogens with zero attached hydrogens (tertiary/aromatic N) is 2. The van der Waals surface area contributed by atoms with Crippen molar-refractivity contribution in [3.63, 3.8) is 0 Å². The molecule has 4 rings (SSSR count). The molecule has 144 valence electrons. The van der Waals surface area contributed by atoms with Crippen LogP contribution in [0.5, 0.6) is 0 Å². The molecule has 3 saturated heterocycles. The Morgan fingerprint density at radius 3 is 2.70 bits per heavy atom. The van der Waals surface area contributed by atoms with Crippen LogP contribution in [-0.2, 0) is 14.3 Å². The lowest BCUT2D eigenvalue weighted by Gasteiger charge is -2.39. The van der Waals surface area contributed by atoms with E-state index in [0.29, 0.717) is 26.2 Å². The minimum absolute atomic E-state index is 0.0453. The molecule has 1 spiro atoms. The Morgan fingerprint density at radius 2 is 2.00 bits per heavy atom. The number of rotatable bonds is 4. The quantitative estimate of drug-likeness (QED) is 0.821. The molecular weight excluding hydrogens is 340 g/mol. The van der Waals surface area contributed by atoms with Crippen LogP contribution in [0.1, 0.15) is 31.2 Å². The van der Waals surface area contributed by atoms with Crippen molar-refractivity contribution in [3.8, 4) is 0 Å². The molecular formula is C22H28N2O3. The van der Waals surface area contributed by atoms with Crippen molar-refractivity contribution in [1.82, 2.24) is 9.80 Å². The van der Waals surface area contributed by atoms with Crippen LogP contribution < -0.4 is 0 Å². The van der Waals surface area contributed by atoms with Crippen molar-refractivity contribution in [2.75, 3.05) is 39.4 Å². The number of carbonyl (C=O) groups is 2. The zero-order valence-corrected chi connectivity index (χ0v) is 15.8. The molecule has 1 aromatic carbocycles. The van der Waals surface area contributed by atoms with Gasteiger partial charge in [0.15, 0.2) is 0 Å². The minimum Gasteiger partial charge on any atom is -0.381 e. The second-order valence-corrected chi connectivity index (χ2v) is 8.15. The highest BCUT2D eigenvalue weighted by atomic mass is 16.5. The lowest BCUT2D eigenvalue weighted by atomic mass is 9.77. The Hall–Kier alpha value is -2.14. The van der Waals surface area contributed by atoms with Crippen LogP contribution in [0.4, 0.5) is 0 Å². The van der Waals surface area contributed by atoms with Gasteiger partial charge in [-0.05, 0) is 24.8 Å². The summed E-state index contributed by atoms with van der Waals surface area (Å²) in [4.78, 5) is 29.0. The Bertz CT molecular complexity index is 702. The smallest absolute Gasteiger partial charge is 0.228 e. The van der Waals surface area contributed by atoms with E-state index in [4.69, 9.17) is 4.74 Å². The van der Waals surface area contributed by atoms with Crippen LogP contribution in [0.15, 0.2) is 36.4 Å². The second-order valence-electron chi connectivity index (χ2n) is 8.15. The van der Waals surface area contributed by atoms with Crippen molar-refractivity contribution in [3.05, 3.63) is 42.0 Å². The molecule has 0 N–H and O–H groups in total. The molecule has 5 nitrogen and oxygen atoms in total. The van der Waals surface area contributed by atoms with Crippen molar-refractivity contribution in [2.45, 2.75) is 25.7 Å². The molecule has 2 amide bonds. The van der Waals surface area contributed by atoms with Gasteiger partial charge < -0.3 is 14.5 Å². The molecule has 3 fully saturated rings. The van der Waals surface area contributed by atoms with E-state index in [-0.39, 0.29) is 23.1 Å². The van der Waals surface area contributed by atoms with E-state index in [1.54, 1.807) is 0 Å². The molecule has 0 aromatic heterocycles. The minimum atomic E-state index is 0.0453. The maximum atomic E-state index is 12.6. The highest BCUT2D eigenvalue weighted by molar-refractivity contribution is 5.81. The normalized spacial score (nSPS) is 25.0. The molecule has 0 unspecified atom stereocenters. The number of amides is 2. The van der Waals surface area contributed by atoms with Gasteiger partial charge >= 0.3 is 0 Å². The molecule has 3 heterocycles. The molecule has 0 radical (unpaired) electrons. The van der Waals surface area contributed by atoms with E-state index < -0.39 is 0 Å². The van der Waals surface area contributed by atoms with Gasteiger partial charge in [0.1, 0.15) is 0 Å². The monoisotopic (exact) mass is 368 g/mol. The Labute approximate surface area is 161 Å². The van der Waals surface area contributed by atoms with Gasteiger partial charge in [-0.25, -0.2) is 0 Å². The van der Waals surface area contributed by atoms with Gasteiger partial charge in [0.2, 0.25) is 11.8 Å². The topological polar surface area (TPSA) is 49.9 Å². The van der Waals surface area contributed by atoms with E-state index in [0.717, 1.165) is 44.5 Å². The molecule has 0 aliphatic carbocycles. The van der Waals surface area contributed by atoms with Crippen LogP contribution in [0, 0.1) is 11.3 Å². The lowest BCUT2D eigenvalue weighted by molar-refractivity contribution is -0.137. The third-order valence-corrected chi connectivity index (χ3v) is 6.26. The van der Waals surface area contributed by atoms with Gasteiger partial charge in [0.25, 0.3) is 0 Å². The van der Waals surface area contributed by atoms with Crippen molar-refractivity contribution in [2.24, 2.45) is 11.3 Å². The first kappa shape index (κ1) is 18.2. The van der Waals surface area contributed by atoms with Crippen molar-refractivity contribution >= 4 is 17.9 Å². The first-order valence-corrected chi connectivity index (χ1v) is 10.0. The third-order valence-electron chi connectivity index (χ3n) is 6.26. The zero-order chi connectivity index (χ0) is 18.7. The van der Waals surface area contributed by atoms with Crippen LogP contribution in [0.3, 0.4) is 0 Å². The maximum Gasteiger partial charge on any atom is 0.228 e. The van der Waals surface area contributed by atoms with E-state index >= 15 is 0 Å². The highest BCUT2D eigenvalue weighted by Gasteiger charge is 2.45. The Balaban J connectivity index is 1.30. The number of ether oxygens (including phenoxy) is 1. The van der Waals surface area contributed by atoms with Gasteiger partial charge in [-0.3, -0.25) is 9.59 Å². The Morgan fingerprint density at radius 1 is 1.22 bits per heavy atom. The third kappa shape index (κ3) is 4.08. The predicted octanol–water partition coefficient (Wildman–Crippen LogP) is 2.58. The first-order valence-electron chi connectivity index (χ1n) is 10.0. The SMILES string of the molecule is O=C1CC2(CCN(C(=O)[C@H]3CCOC3)CC2)CN1C/C=C/c1ccccc1. The lowest BCUT2D eigenvalue weighted by Crippen LogP contribution is -2.46. The summed E-state index contributed by atoms with van der Waals surface area (Å²) in [7, 11) is 0. The maximum absolute atomic E-state index is 12.6. The molecule has 1 atom stereocenters. The summed E-state index contributed by atoms with van der Waals surface area (Å²) in [6.07, 6.45) is 7.48. The Kier molecular flexibility index (Phi) is 5.30. The predicted molar refractivity (Wildman–Crippen MR) is 104 cm³/mol. The fourth-order valence-corrected chi connectivity index (χ4v) is 4.55. The summed E-state index contributed by atoms with van der Waals surface area (Å²) < 4.78 is 5.35. The summed E-state index contributed by atoms with van der Waals surface area (Å²) in [5, 5.41) is 0. The standard InChI is InChI=1S/C22H28N2O3/c25-20-15-22(17-24(20)11-4-7-18-5-2-1-3-6-18)9-12-23(13-10-22)21(26)19-8-14-27-16-19/h1-7,19H,8-17H2/b7-4+/t19-/m0/s1. The number of carbonyl (C=O) groups excluding carboxylic acids is 2. The average Bonchev–Trinajstić information content (AvgIpc) is 3.32. The van der Waals surface area contributed by atoms with Crippen LogP contribution >= 0.6 is 0 Å². The zero-order valence-electron chi connectivity index (χ0n) is 15.8. The van der Waals surface area contributed by atoms with Crippen LogP contribution in [-0.4, -0.2) is 61.0 Å². The molecule has 0 bridgehead atoms. The summed E-state index contributed by atoms with van der Waals surface area (Å²) in [5.41, 5.74) is 1.21. The van der Waals surface area contributed by atoms with Gasteiger partial charge in [-0.1, -0.05) is 42.5 Å². The average molecular weight is 368 g/mol. The summed E-state index contributed by atoms with van der Waals surface area (Å²) in [6.45, 7) is 4.30. The fourth-order valence-electron chi connectivity index (χ4n) is 4.55. The van der Waals surface area contributed by atoms with Gasteiger partial charge in [0.05, 0.1) is 12.5 Å². The molecule has 3 aliphatic rings. The van der Waals surface area contributed by atoms with Crippen LogP contribution in [0.2, 0.25) is 0 Å². The van der Waals surface area contributed by atoms with Gasteiger partial charge in [-0.15, -0.1) is 0 Å². The first-order chi connectivity index (χ1) is 13.2. The number of piperidine rings is 1. The van der Waals surface area contributed by atoms with Crippen molar-refractivity contribution in [1.29, 1.82) is 0 Å². The number of hydrogen-bond donors (Lipinski definition) is 0.